The van der Waals surface area contributed by atoms with Gasteiger partial charge in [0.15, 0.2) is 0 Å². The van der Waals surface area contributed by atoms with E-state index in [0.29, 0.717) is 22.7 Å². The molecule has 2 aliphatic rings. The van der Waals surface area contributed by atoms with Gasteiger partial charge in [-0.2, -0.15) is 0 Å². The zero-order valence-corrected chi connectivity index (χ0v) is 22.7. The molecule has 0 aromatic heterocycles. The number of hydrogen-bond acceptors (Lipinski definition) is 5. The maximum absolute atomic E-state index is 14.3. The number of halogens is 1. The average molecular weight is 539 g/mol. The molecule has 2 aromatic carbocycles. The number of aliphatic hydroxyl groups is 1. The van der Waals surface area contributed by atoms with E-state index in [4.69, 9.17) is 16.3 Å². The van der Waals surface area contributed by atoms with Crippen molar-refractivity contribution in [2.45, 2.75) is 45.7 Å². The Balaban J connectivity index is 1.82. The van der Waals surface area contributed by atoms with Crippen LogP contribution in [-0.4, -0.2) is 47.0 Å². The summed E-state index contributed by atoms with van der Waals surface area (Å²) in [6.07, 6.45) is 5.41. The highest BCUT2D eigenvalue weighted by Crippen LogP contribution is 2.48. The maximum Gasteiger partial charge on any atom is 0.310 e. The van der Waals surface area contributed by atoms with E-state index in [1.54, 1.807) is 19.1 Å². The van der Waals surface area contributed by atoms with Crippen molar-refractivity contribution in [2.75, 3.05) is 18.5 Å². The van der Waals surface area contributed by atoms with E-state index in [2.05, 4.69) is 5.32 Å². The minimum Gasteiger partial charge on any atom is -0.466 e. The topological polar surface area (TPSA) is 95.9 Å². The summed E-state index contributed by atoms with van der Waals surface area (Å²) in [7, 11) is 0. The molecule has 38 heavy (non-hydrogen) atoms. The first-order chi connectivity index (χ1) is 18.3. The normalized spacial score (nSPS) is 25.1. The highest BCUT2D eigenvalue weighted by molar-refractivity contribution is 6.34. The SMILES string of the molecule is CCC[C@@H]1C=C[C@H]2[C@@H](C(=O)N([C@H](CO)c3ccccc3)[C@@H]2C(=O)Nc2c(C)cccc2Cl)[C@@H]1C(=O)OCC. The number of anilines is 1. The molecular weight excluding hydrogens is 504 g/mol. The number of aryl methyl sites for hydroxylation is 1. The van der Waals surface area contributed by atoms with Crippen molar-refractivity contribution in [2.24, 2.45) is 23.7 Å². The Hall–Kier alpha value is -3.16. The number of esters is 1. The van der Waals surface area contributed by atoms with Gasteiger partial charge in [0.25, 0.3) is 0 Å². The molecular formula is C30H35ClN2O5. The Bertz CT molecular complexity index is 1180. The Morgan fingerprint density at radius 1 is 1.11 bits per heavy atom. The molecule has 2 amide bonds. The second kappa shape index (κ2) is 12.1. The molecule has 0 spiro atoms. The summed E-state index contributed by atoms with van der Waals surface area (Å²) in [4.78, 5) is 43.0. The molecule has 6 atom stereocenters. The van der Waals surface area contributed by atoms with Crippen LogP contribution in [0.1, 0.15) is 43.9 Å². The molecule has 2 N–H and O–H groups in total. The second-order valence-electron chi connectivity index (χ2n) is 9.94. The van der Waals surface area contributed by atoms with E-state index >= 15 is 0 Å². The molecule has 7 nitrogen and oxygen atoms in total. The first-order valence-electron chi connectivity index (χ1n) is 13.2. The molecule has 202 valence electrons. The Morgan fingerprint density at radius 2 is 1.84 bits per heavy atom. The highest BCUT2D eigenvalue weighted by Gasteiger charge is 2.59. The second-order valence-corrected chi connectivity index (χ2v) is 10.3. The van der Waals surface area contributed by atoms with Gasteiger partial charge in [-0.3, -0.25) is 14.4 Å². The molecule has 1 saturated heterocycles. The predicted molar refractivity (Wildman–Crippen MR) is 146 cm³/mol. The number of carbonyl (C=O) groups excluding carboxylic acids is 3. The molecule has 8 heteroatoms. The highest BCUT2D eigenvalue weighted by atomic mass is 35.5. The van der Waals surface area contributed by atoms with Crippen LogP contribution in [0.2, 0.25) is 5.02 Å². The van der Waals surface area contributed by atoms with Crippen LogP contribution in [0.25, 0.3) is 0 Å². The van der Waals surface area contributed by atoms with Crippen molar-refractivity contribution >= 4 is 35.1 Å². The van der Waals surface area contributed by atoms with Crippen molar-refractivity contribution in [1.82, 2.24) is 4.90 Å². The molecule has 1 aliphatic carbocycles. The van der Waals surface area contributed by atoms with E-state index in [1.807, 2.05) is 62.4 Å². The third-order valence-corrected chi connectivity index (χ3v) is 7.97. The number of fused-ring (bicyclic) bond motifs is 1. The summed E-state index contributed by atoms with van der Waals surface area (Å²) >= 11 is 6.41. The average Bonchev–Trinajstić information content (AvgIpc) is 3.20. The molecule has 0 bridgehead atoms. The van der Waals surface area contributed by atoms with Gasteiger partial charge in [0.05, 0.1) is 41.8 Å². The van der Waals surface area contributed by atoms with E-state index < -0.39 is 41.7 Å². The van der Waals surface area contributed by atoms with Gasteiger partial charge in [0.1, 0.15) is 6.04 Å². The molecule has 0 saturated carbocycles. The van der Waals surface area contributed by atoms with Crippen LogP contribution in [0.3, 0.4) is 0 Å². The monoisotopic (exact) mass is 538 g/mol. The molecule has 0 unspecified atom stereocenters. The summed E-state index contributed by atoms with van der Waals surface area (Å²) in [5, 5.41) is 13.8. The number of benzene rings is 2. The van der Waals surface area contributed by atoms with Crippen LogP contribution in [0.4, 0.5) is 5.69 Å². The van der Waals surface area contributed by atoms with E-state index in [-0.39, 0.29) is 25.0 Å². The van der Waals surface area contributed by atoms with Crippen LogP contribution >= 0.6 is 11.6 Å². The van der Waals surface area contributed by atoms with Gasteiger partial charge in [-0.25, -0.2) is 0 Å². The van der Waals surface area contributed by atoms with Crippen LogP contribution < -0.4 is 5.32 Å². The number of rotatable bonds is 9. The molecule has 2 aromatic rings. The minimum absolute atomic E-state index is 0.178. The standard InChI is InChI=1S/C30H35ClN2O5/c1-4-10-20-15-16-21-25(24(20)30(37)38-5-2)29(36)33(23(17-34)19-12-7-6-8-13-19)27(21)28(35)32-26-18(3)11-9-14-22(26)31/h6-9,11-16,20-21,23-25,27,34H,4-5,10,17H2,1-3H3,(H,32,35)/t20-,21+,23-,24-,25-,27+/m1/s1. The van der Waals surface area contributed by atoms with Crippen molar-refractivity contribution in [3.8, 4) is 0 Å². The number of hydrogen-bond donors (Lipinski definition) is 2. The van der Waals surface area contributed by atoms with E-state index in [9.17, 15) is 19.5 Å². The summed E-state index contributed by atoms with van der Waals surface area (Å²) in [6, 6.07) is 12.8. The van der Waals surface area contributed by atoms with Gasteiger partial charge in [0.2, 0.25) is 11.8 Å². The maximum atomic E-state index is 14.3. The fraction of sp³-hybridized carbons (Fsp3) is 0.433. The fourth-order valence-corrected chi connectivity index (χ4v) is 6.23. The summed E-state index contributed by atoms with van der Waals surface area (Å²) in [5.74, 6) is -3.43. The number of amides is 2. The first-order valence-corrected chi connectivity index (χ1v) is 13.6. The number of nitrogens with zero attached hydrogens (tertiary/aromatic N) is 1. The van der Waals surface area contributed by atoms with Crippen LogP contribution in [-0.2, 0) is 19.1 Å². The third-order valence-electron chi connectivity index (χ3n) is 7.66. The largest absolute Gasteiger partial charge is 0.466 e. The lowest BCUT2D eigenvalue weighted by Gasteiger charge is -2.34. The molecule has 1 aliphatic heterocycles. The first kappa shape index (κ1) is 27.9. The van der Waals surface area contributed by atoms with Crippen molar-refractivity contribution < 1.29 is 24.2 Å². The van der Waals surface area contributed by atoms with Gasteiger partial charge < -0.3 is 20.1 Å². The third kappa shape index (κ3) is 5.22. The van der Waals surface area contributed by atoms with Gasteiger partial charge in [-0.05, 0) is 43.4 Å². The minimum atomic E-state index is -0.962. The van der Waals surface area contributed by atoms with Crippen molar-refractivity contribution in [1.29, 1.82) is 0 Å². The molecule has 1 heterocycles. The lowest BCUT2D eigenvalue weighted by Crippen LogP contribution is -2.47. The predicted octanol–water partition coefficient (Wildman–Crippen LogP) is 4.93. The zero-order valence-electron chi connectivity index (χ0n) is 22.0. The van der Waals surface area contributed by atoms with E-state index in [0.717, 1.165) is 12.0 Å². The number of ether oxygens (including phenoxy) is 1. The Labute approximate surface area is 228 Å². The number of aliphatic hydroxyl groups excluding tert-OH is 1. The lowest BCUT2D eigenvalue weighted by atomic mass is 9.69. The van der Waals surface area contributed by atoms with Crippen LogP contribution in [0, 0.1) is 30.6 Å². The summed E-state index contributed by atoms with van der Waals surface area (Å²) < 4.78 is 5.43. The quantitative estimate of drug-likeness (QED) is 0.348. The van der Waals surface area contributed by atoms with Gasteiger partial charge in [0, 0.05) is 5.92 Å². The number of nitrogens with one attached hydrogen (secondary N) is 1. The number of likely N-dealkylation sites (tertiary alicyclic amines) is 1. The lowest BCUT2D eigenvalue weighted by molar-refractivity contribution is -0.156. The molecule has 4 rings (SSSR count). The van der Waals surface area contributed by atoms with Crippen molar-refractivity contribution in [3.05, 3.63) is 76.8 Å². The van der Waals surface area contributed by atoms with Crippen molar-refractivity contribution in [3.63, 3.8) is 0 Å². The van der Waals surface area contributed by atoms with Crippen LogP contribution in [0.15, 0.2) is 60.7 Å². The zero-order chi connectivity index (χ0) is 27.4. The van der Waals surface area contributed by atoms with Crippen LogP contribution in [0.5, 0.6) is 0 Å². The Kier molecular flexibility index (Phi) is 8.90. The van der Waals surface area contributed by atoms with Gasteiger partial charge >= 0.3 is 5.97 Å². The Morgan fingerprint density at radius 3 is 2.47 bits per heavy atom. The number of carbonyl (C=O) groups is 3. The number of para-hydroxylation sites is 1. The molecule has 0 radical (unpaired) electrons. The molecule has 1 fully saturated rings. The fourth-order valence-electron chi connectivity index (χ4n) is 5.96. The number of allylic oxidation sites excluding steroid dienone is 1. The van der Waals surface area contributed by atoms with Gasteiger partial charge in [-0.15, -0.1) is 0 Å². The summed E-state index contributed by atoms with van der Waals surface area (Å²) in [5.41, 5.74) is 1.96. The smallest absolute Gasteiger partial charge is 0.310 e. The summed E-state index contributed by atoms with van der Waals surface area (Å²) in [6.45, 7) is 5.44. The van der Waals surface area contributed by atoms with E-state index in [1.165, 1.54) is 4.90 Å². The van der Waals surface area contributed by atoms with Gasteiger partial charge in [-0.1, -0.05) is 79.6 Å².